The largest absolute Gasteiger partial charge is 0.315 e. The molecule has 2 atom stereocenters. The van der Waals surface area contributed by atoms with Gasteiger partial charge in [0.25, 0.3) is 0 Å². The van der Waals surface area contributed by atoms with Crippen molar-refractivity contribution in [3.63, 3.8) is 0 Å². The van der Waals surface area contributed by atoms with Crippen LogP contribution in [-0.2, 0) is 0 Å². The van der Waals surface area contributed by atoms with Gasteiger partial charge in [-0.2, -0.15) is 0 Å². The quantitative estimate of drug-likeness (QED) is 0.800. The van der Waals surface area contributed by atoms with Gasteiger partial charge in [0.15, 0.2) is 0 Å². The maximum atomic E-state index is 3.49. The molecule has 3 fully saturated rings. The normalized spacial score (nSPS) is 35.2. The maximum Gasteiger partial charge on any atom is 0.0223 e. The van der Waals surface area contributed by atoms with E-state index >= 15 is 0 Å². The predicted octanol–water partition coefficient (Wildman–Crippen LogP) is 0.450. The van der Waals surface area contributed by atoms with Gasteiger partial charge in [0.1, 0.15) is 0 Å². The van der Waals surface area contributed by atoms with E-state index in [1.165, 1.54) is 78.0 Å². The zero-order valence-electron chi connectivity index (χ0n) is 12.5. The predicted molar refractivity (Wildman–Crippen MR) is 79.6 cm³/mol. The molecule has 2 unspecified atom stereocenters. The minimum Gasteiger partial charge on any atom is -0.315 e. The number of rotatable bonds is 3. The number of likely N-dealkylation sites (N-methyl/N-ethyl adjacent to an activating group) is 1. The number of fused-ring (bicyclic) bond motifs is 2. The highest BCUT2D eigenvalue weighted by atomic mass is 15.3. The van der Waals surface area contributed by atoms with Crippen molar-refractivity contribution in [3.05, 3.63) is 0 Å². The maximum absolute atomic E-state index is 3.49. The average Bonchev–Trinajstić information content (AvgIpc) is 2.60. The molecule has 3 aliphatic rings. The molecule has 4 heteroatoms. The first-order chi connectivity index (χ1) is 9.33. The Morgan fingerprint density at radius 3 is 2.68 bits per heavy atom. The minimum atomic E-state index is 0.832. The summed E-state index contributed by atoms with van der Waals surface area (Å²) in [6.45, 7) is 10.1. The van der Waals surface area contributed by atoms with Crippen LogP contribution < -0.4 is 5.32 Å². The first kappa shape index (κ1) is 13.8. The number of hydrogen-bond acceptors (Lipinski definition) is 4. The topological polar surface area (TPSA) is 21.8 Å². The van der Waals surface area contributed by atoms with Gasteiger partial charge in [-0.15, -0.1) is 0 Å². The molecule has 3 rings (SSSR count). The van der Waals surface area contributed by atoms with E-state index in [9.17, 15) is 0 Å². The number of likely N-dealkylation sites (tertiary alicyclic amines) is 1. The van der Waals surface area contributed by atoms with Crippen LogP contribution >= 0.6 is 0 Å². The van der Waals surface area contributed by atoms with Gasteiger partial charge in [0.05, 0.1) is 0 Å². The lowest BCUT2D eigenvalue weighted by molar-refractivity contribution is 0.189. The van der Waals surface area contributed by atoms with Crippen molar-refractivity contribution in [1.82, 2.24) is 20.0 Å². The second kappa shape index (κ2) is 6.53. The van der Waals surface area contributed by atoms with E-state index in [0.717, 1.165) is 12.1 Å². The number of nitrogens with zero attached hydrogens (tertiary/aromatic N) is 3. The molecule has 3 aliphatic heterocycles. The van der Waals surface area contributed by atoms with Crippen LogP contribution in [0.4, 0.5) is 0 Å². The van der Waals surface area contributed by atoms with E-state index in [4.69, 9.17) is 0 Å². The molecule has 3 saturated heterocycles. The molecule has 0 aromatic heterocycles. The summed E-state index contributed by atoms with van der Waals surface area (Å²) in [6.07, 6.45) is 5.56. The Kier molecular flexibility index (Phi) is 4.74. The summed E-state index contributed by atoms with van der Waals surface area (Å²) in [5, 5.41) is 3.49. The van der Waals surface area contributed by atoms with Crippen molar-refractivity contribution in [2.75, 3.05) is 59.4 Å². The lowest BCUT2D eigenvalue weighted by Gasteiger charge is -2.28. The van der Waals surface area contributed by atoms with Gasteiger partial charge < -0.3 is 15.1 Å². The van der Waals surface area contributed by atoms with Crippen LogP contribution in [-0.4, -0.2) is 86.2 Å². The zero-order chi connectivity index (χ0) is 13.1. The van der Waals surface area contributed by atoms with E-state index in [-0.39, 0.29) is 0 Å². The molecular weight excluding hydrogens is 236 g/mol. The van der Waals surface area contributed by atoms with Crippen LogP contribution in [0.3, 0.4) is 0 Å². The third-order valence-corrected chi connectivity index (χ3v) is 5.40. The molecule has 19 heavy (non-hydrogen) atoms. The molecule has 3 heterocycles. The standard InChI is InChI=1S/C15H30N4/c1-17-14-3-4-15(17)13-19(9-5-14)12-11-18-8-2-6-16-7-10-18/h14-16H,2-13H2,1H3. The molecule has 0 aromatic carbocycles. The first-order valence-electron chi connectivity index (χ1n) is 8.20. The molecule has 4 nitrogen and oxygen atoms in total. The highest BCUT2D eigenvalue weighted by molar-refractivity contribution is 4.91. The highest BCUT2D eigenvalue weighted by Crippen LogP contribution is 2.28. The summed E-state index contributed by atoms with van der Waals surface area (Å²) in [5.41, 5.74) is 0. The second-order valence-electron chi connectivity index (χ2n) is 6.58. The van der Waals surface area contributed by atoms with E-state index in [1.54, 1.807) is 0 Å². The smallest absolute Gasteiger partial charge is 0.0223 e. The Labute approximate surface area is 118 Å². The van der Waals surface area contributed by atoms with E-state index in [2.05, 4.69) is 27.1 Å². The van der Waals surface area contributed by atoms with Crippen LogP contribution in [0.2, 0.25) is 0 Å². The van der Waals surface area contributed by atoms with Crippen molar-refractivity contribution >= 4 is 0 Å². The summed E-state index contributed by atoms with van der Waals surface area (Å²) in [4.78, 5) is 8.02. The van der Waals surface area contributed by atoms with Crippen LogP contribution in [0.5, 0.6) is 0 Å². The van der Waals surface area contributed by atoms with Crippen molar-refractivity contribution in [2.45, 2.75) is 37.8 Å². The Hall–Kier alpha value is -0.160. The number of nitrogens with one attached hydrogen (secondary N) is 1. The van der Waals surface area contributed by atoms with Crippen LogP contribution in [0.15, 0.2) is 0 Å². The van der Waals surface area contributed by atoms with Crippen molar-refractivity contribution < 1.29 is 0 Å². The fourth-order valence-corrected chi connectivity index (χ4v) is 3.99. The highest BCUT2D eigenvalue weighted by Gasteiger charge is 2.34. The third-order valence-electron chi connectivity index (χ3n) is 5.40. The van der Waals surface area contributed by atoms with Gasteiger partial charge in [-0.3, -0.25) is 4.90 Å². The van der Waals surface area contributed by atoms with E-state index in [0.29, 0.717) is 0 Å². The van der Waals surface area contributed by atoms with Gasteiger partial charge in [-0.25, -0.2) is 0 Å². The molecule has 0 amide bonds. The Balaban J connectivity index is 1.45. The summed E-state index contributed by atoms with van der Waals surface area (Å²) >= 11 is 0. The second-order valence-corrected chi connectivity index (χ2v) is 6.58. The Bertz CT molecular complexity index is 275. The lowest BCUT2D eigenvalue weighted by Crippen LogP contribution is -2.41. The monoisotopic (exact) mass is 266 g/mol. The van der Waals surface area contributed by atoms with Crippen molar-refractivity contribution in [2.24, 2.45) is 0 Å². The molecule has 0 spiro atoms. The lowest BCUT2D eigenvalue weighted by atomic mass is 10.1. The zero-order valence-corrected chi connectivity index (χ0v) is 12.5. The van der Waals surface area contributed by atoms with E-state index in [1.807, 2.05) is 0 Å². The Morgan fingerprint density at radius 1 is 0.895 bits per heavy atom. The van der Waals surface area contributed by atoms with Crippen molar-refractivity contribution in [3.8, 4) is 0 Å². The van der Waals surface area contributed by atoms with Gasteiger partial charge in [-0.05, 0) is 52.4 Å². The van der Waals surface area contributed by atoms with Crippen LogP contribution in [0, 0.1) is 0 Å². The average molecular weight is 266 g/mol. The summed E-state index contributed by atoms with van der Waals surface area (Å²) in [6, 6.07) is 1.70. The van der Waals surface area contributed by atoms with Crippen molar-refractivity contribution in [1.29, 1.82) is 0 Å². The van der Waals surface area contributed by atoms with Crippen LogP contribution in [0.25, 0.3) is 0 Å². The molecule has 1 N–H and O–H groups in total. The summed E-state index contributed by atoms with van der Waals surface area (Å²) < 4.78 is 0. The fourth-order valence-electron chi connectivity index (χ4n) is 3.99. The molecule has 0 saturated carbocycles. The molecule has 2 bridgehead atoms. The molecule has 0 radical (unpaired) electrons. The third kappa shape index (κ3) is 3.48. The van der Waals surface area contributed by atoms with Gasteiger partial charge in [0.2, 0.25) is 0 Å². The minimum absolute atomic E-state index is 0.832. The Morgan fingerprint density at radius 2 is 1.74 bits per heavy atom. The van der Waals surface area contributed by atoms with Crippen LogP contribution in [0.1, 0.15) is 25.7 Å². The molecular formula is C15H30N4. The van der Waals surface area contributed by atoms with Gasteiger partial charge in [-0.1, -0.05) is 0 Å². The summed E-state index contributed by atoms with van der Waals surface area (Å²) in [5.74, 6) is 0. The SMILES string of the molecule is CN1C2CCC1CN(CCN1CCCNCC1)CC2. The fraction of sp³-hybridized carbons (Fsp3) is 1.00. The van der Waals surface area contributed by atoms with Gasteiger partial charge in [0, 0.05) is 44.8 Å². The molecule has 110 valence electrons. The molecule has 0 aromatic rings. The summed E-state index contributed by atoms with van der Waals surface area (Å²) in [7, 11) is 2.34. The number of hydrogen-bond donors (Lipinski definition) is 1. The first-order valence-corrected chi connectivity index (χ1v) is 8.20. The van der Waals surface area contributed by atoms with Gasteiger partial charge >= 0.3 is 0 Å². The molecule has 0 aliphatic carbocycles. The van der Waals surface area contributed by atoms with E-state index < -0.39 is 0 Å².